The topological polar surface area (TPSA) is 51.0 Å². The lowest BCUT2D eigenvalue weighted by atomic mass is 10.2. The molecule has 1 atom stereocenters. The SMILES string of the molecule is CCC(C)NCCCc1nc(C(C)C)no1. The minimum Gasteiger partial charge on any atom is -0.339 e. The Balaban J connectivity index is 2.21. The summed E-state index contributed by atoms with van der Waals surface area (Å²) in [5.41, 5.74) is 0. The van der Waals surface area contributed by atoms with Gasteiger partial charge in [-0.1, -0.05) is 25.9 Å². The molecule has 92 valence electrons. The predicted octanol–water partition coefficient (Wildman–Crippen LogP) is 2.51. The van der Waals surface area contributed by atoms with E-state index in [1.54, 1.807) is 0 Å². The van der Waals surface area contributed by atoms with Crippen molar-refractivity contribution in [2.24, 2.45) is 0 Å². The van der Waals surface area contributed by atoms with E-state index in [0.717, 1.165) is 37.5 Å². The molecule has 0 amide bonds. The van der Waals surface area contributed by atoms with Crippen molar-refractivity contribution in [3.05, 3.63) is 11.7 Å². The summed E-state index contributed by atoms with van der Waals surface area (Å²) in [6, 6.07) is 0.592. The normalized spacial score (nSPS) is 13.3. The van der Waals surface area contributed by atoms with E-state index in [-0.39, 0.29) is 0 Å². The Morgan fingerprint density at radius 2 is 2.06 bits per heavy atom. The molecule has 16 heavy (non-hydrogen) atoms. The van der Waals surface area contributed by atoms with Crippen LogP contribution in [0.5, 0.6) is 0 Å². The zero-order chi connectivity index (χ0) is 12.0. The monoisotopic (exact) mass is 225 g/mol. The molecule has 4 heteroatoms. The molecule has 0 fully saturated rings. The van der Waals surface area contributed by atoms with Gasteiger partial charge in [0, 0.05) is 18.4 Å². The molecule has 0 aliphatic heterocycles. The molecule has 1 rings (SSSR count). The van der Waals surface area contributed by atoms with Crippen molar-refractivity contribution in [3.63, 3.8) is 0 Å². The molecule has 0 aliphatic carbocycles. The molecule has 0 saturated carbocycles. The number of aromatic nitrogens is 2. The summed E-state index contributed by atoms with van der Waals surface area (Å²) in [6.07, 6.45) is 3.07. The molecule has 1 N–H and O–H groups in total. The number of rotatable bonds is 7. The van der Waals surface area contributed by atoms with Gasteiger partial charge in [-0.3, -0.25) is 0 Å². The highest BCUT2D eigenvalue weighted by Crippen LogP contribution is 2.10. The smallest absolute Gasteiger partial charge is 0.226 e. The fourth-order valence-corrected chi connectivity index (χ4v) is 1.34. The zero-order valence-corrected chi connectivity index (χ0v) is 10.8. The van der Waals surface area contributed by atoms with Gasteiger partial charge in [0.05, 0.1) is 0 Å². The maximum absolute atomic E-state index is 5.17. The molecule has 0 aliphatic rings. The van der Waals surface area contributed by atoms with E-state index >= 15 is 0 Å². The van der Waals surface area contributed by atoms with Crippen molar-refractivity contribution < 1.29 is 4.52 Å². The quantitative estimate of drug-likeness (QED) is 0.724. The van der Waals surface area contributed by atoms with Gasteiger partial charge in [-0.25, -0.2) is 0 Å². The third kappa shape index (κ3) is 4.31. The van der Waals surface area contributed by atoms with Crippen molar-refractivity contribution in [1.29, 1.82) is 0 Å². The van der Waals surface area contributed by atoms with E-state index in [2.05, 4.69) is 43.2 Å². The highest BCUT2D eigenvalue weighted by molar-refractivity contribution is 4.91. The van der Waals surface area contributed by atoms with Crippen molar-refractivity contribution in [3.8, 4) is 0 Å². The van der Waals surface area contributed by atoms with E-state index in [1.165, 1.54) is 0 Å². The third-order valence-corrected chi connectivity index (χ3v) is 2.67. The Labute approximate surface area is 97.8 Å². The molecule has 0 radical (unpaired) electrons. The Morgan fingerprint density at radius 1 is 1.31 bits per heavy atom. The Hall–Kier alpha value is -0.900. The van der Waals surface area contributed by atoms with Crippen LogP contribution in [0.4, 0.5) is 0 Å². The number of nitrogens with one attached hydrogen (secondary N) is 1. The number of hydrogen-bond donors (Lipinski definition) is 1. The molecule has 0 aromatic carbocycles. The first-order valence-electron chi connectivity index (χ1n) is 6.19. The lowest BCUT2D eigenvalue weighted by molar-refractivity contribution is 0.366. The van der Waals surface area contributed by atoms with Gasteiger partial charge >= 0.3 is 0 Å². The van der Waals surface area contributed by atoms with Crippen LogP contribution < -0.4 is 5.32 Å². The van der Waals surface area contributed by atoms with Crippen LogP contribution in [0.2, 0.25) is 0 Å². The average molecular weight is 225 g/mol. The van der Waals surface area contributed by atoms with Gasteiger partial charge in [-0.15, -0.1) is 0 Å². The minimum atomic E-state index is 0.343. The van der Waals surface area contributed by atoms with Gasteiger partial charge < -0.3 is 9.84 Å². The van der Waals surface area contributed by atoms with Crippen molar-refractivity contribution in [2.75, 3.05) is 6.54 Å². The molecule has 1 aromatic rings. The fourth-order valence-electron chi connectivity index (χ4n) is 1.34. The predicted molar refractivity (Wildman–Crippen MR) is 64.5 cm³/mol. The van der Waals surface area contributed by atoms with Crippen LogP contribution in [-0.4, -0.2) is 22.7 Å². The molecule has 4 nitrogen and oxygen atoms in total. The summed E-state index contributed by atoms with van der Waals surface area (Å²) in [5.74, 6) is 1.91. The van der Waals surface area contributed by atoms with E-state index < -0.39 is 0 Å². The summed E-state index contributed by atoms with van der Waals surface area (Å²) in [7, 11) is 0. The van der Waals surface area contributed by atoms with Crippen LogP contribution in [0.3, 0.4) is 0 Å². The molecule has 1 aromatic heterocycles. The number of aryl methyl sites for hydroxylation is 1. The van der Waals surface area contributed by atoms with Crippen LogP contribution in [-0.2, 0) is 6.42 Å². The fraction of sp³-hybridized carbons (Fsp3) is 0.833. The van der Waals surface area contributed by atoms with Gasteiger partial charge in [-0.05, 0) is 26.3 Å². The zero-order valence-electron chi connectivity index (χ0n) is 10.8. The van der Waals surface area contributed by atoms with Crippen LogP contribution >= 0.6 is 0 Å². The van der Waals surface area contributed by atoms with Crippen LogP contribution in [0.25, 0.3) is 0 Å². The van der Waals surface area contributed by atoms with Gasteiger partial charge in [0.2, 0.25) is 5.89 Å². The summed E-state index contributed by atoms with van der Waals surface area (Å²) >= 11 is 0. The van der Waals surface area contributed by atoms with Crippen molar-refractivity contribution in [2.45, 2.75) is 58.9 Å². The maximum Gasteiger partial charge on any atom is 0.226 e. The van der Waals surface area contributed by atoms with Gasteiger partial charge in [-0.2, -0.15) is 4.98 Å². The van der Waals surface area contributed by atoms with E-state index in [1.807, 2.05) is 0 Å². The molecule has 0 bridgehead atoms. The highest BCUT2D eigenvalue weighted by Gasteiger charge is 2.08. The Bertz CT molecular complexity index is 296. The third-order valence-electron chi connectivity index (χ3n) is 2.67. The maximum atomic E-state index is 5.17. The summed E-state index contributed by atoms with van der Waals surface area (Å²) in [5, 5.41) is 7.38. The number of hydrogen-bond acceptors (Lipinski definition) is 4. The minimum absolute atomic E-state index is 0.343. The largest absolute Gasteiger partial charge is 0.339 e. The first-order chi connectivity index (χ1) is 7.63. The Kier molecular flexibility index (Phi) is 5.46. The first-order valence-corrected chi connectivity index (χ1v) is 6.19. The molecule has 1 heterocycles. The summed E-state index contributed by atoms with van der Waals surface area (Å²) in [6.45, 7) is 9.53. The van der Waals surface area contributed by atoms with Gasteiger partial charge in [0.15, 0.2) is 5.82 Å². The highest BCUT2D eigenvalue weighted by atomic mass is 16.5. The summed E-state index contributed by atoms with van der Waals surface area (Å²) in [4.78, 5) is 4.34. The van der Waals surface area contributed by atoms with Crippen molar-refractivity contribution >= 4 is 0 Å². The lowest BCUT2D eigenvalue weighted by Gasteiger charge is -2.09. The van der Waals surface area contributed by atoms with Gasteiger partial charge in [0.1, 0.15) is 0 Å². The van der Waals surface area contributed by atoms with E-state index in [0.29, 0.717) is 12.0 Å². The molecule has 1 unspecified atom stereocenters. The first kappa shape index (κ1) is 13.2. The van der Waals surface area contributed by atoms with Crippen LogP contribution in [0.1, 0.15) is 58.2 Å². The van der Waals surface area contributed by atoms with E-state index in [9.17, 15) is 0 Å². The summed E-state index contributed by atoms with van der Waals surface area (Å²) < 4.78 is 5.17. The van der Waals surface area contributed by atoms with Crippen LogP contribution in [0, 0.1) is 0 Å². The molecule has 0 spiro atoms. The molecule has 0 saturated heterocycles. The van der Waals surface area contributed by atoms with E-state index in [4.69, 9.17) is 4.52 Å². The second-order valence-corrected chi connectivity index (χ2v) is 4.57. The molecular formula is C12H23N3O. The Morgan fingerprint density at radius 3 is 2.62 bits per heavy atom. The number of nitrogens with zero attached hydrogens (tertiary/aromatic N) is 2. The van der Waals surface area contributed by atoms with Gasteiger partial charge in [0.25, 0.3) is 0 Å². The van der Waals surface area contributed by atoms with Crippen LogP contribution in [0.15, 0.2) is 4.52 Å². The van der Waals surface area contributed by atoms with Crippen molar-refractivity contribution in [1.82, 2.24) is 15.5 Å². The average Bonchev–Trinajstić information content (AvgIpc) is 2.72. The second kappa shape index (κ2) is 6.63. The lowest BCUT2D eigenvalue weighted by Crippen LogP contribution is -2.26. The molecular weight excluding hydrogens is 202 g/mol. The second-order valence-electron chi connectivity index (χ2n) is 4.57. The standard InChI is InChI=1S/C12H23N3O/c1-5-10(4)13-8-6-7-11-14-12(9(2)3)15-16-11/h9-10,13H,5-8H2,1-4H3.